The molecule has 3 aliphatic heterocycles. The van der Waals surface area contributed by atoms with Crippen LogP contribution in [-0.2, 0) is 13.1 Å². The highest BCUT2D eigenvalue weighted by atomic mass is 19.3. The number of amides is 2. The van der Waals surface area contributed by atoms with Crippen LogP contribution in [0, 0.1) is 0 Å². The minimum atomic E-state index is -2.71. The van der Waals surface area contributed by atoms with Crippen LogP contribution in [0.5, 0.6) is 17.2 Å². The summed E-state index contributed by atoms with van der Waals surface area (Å²) in [6.07, 6.45) is -0.639. The molecule has 8 nitrogen and oxygen atoms in total. The minimum Gasteiger partial charge on any atom is -0.497 e. The number of alkyl halides is 2. The Hall–Kier alpha value is -4.34. The molecule has 0 aliphatic carbocycles. The number of hydrogen-bond acceptors (Lipinski definition) is 6. The SMILES string of the molecule is COc1ccc(CN2Cc3cc(N4CCOc5cc(C(=O)N6CCC(F)(F)CC6)ccc54)ccc3C2=O)c(OC)c1. The fourth-order valence-electron chi connectivity index (χ4n) is 5.69. The lowest BCUT2D eigenvalue weighted by atomic mass is 10.0. The Morgan fingerprint density at radius 2 is 1.78 bits per heavy atom. The molecule has 3 aromatic carbocycles. The van der Waals surface area contributed by atoms with E-state index in [-0.39, 0.29) is 37.7 Å². The summed E-state index contributed by atoms with van der Waals surface area (Å²) < 4.78 is 43.8. The van der Waals surface area contributed by atoms with Crippen LogP contribution < -0.4 is 19.1 Å². The van der Waals surface area contributed by atoms with Crippen molar-refractivity contribution in [2.24, 2.45) is 0 Å². The van der Waals surface area contributed by atoms with E-state index in [1.54, 1.807) is 37.3 Å². The van der Waals surface area contributed by atoms with Crippen molar-refractivity contribution in [2.75, 3.05) is 45.4 Å². The molecule has 0 aromatic heterocycles. The lowest BCUT2D eigenvalue weighted by molar-refractivity contribution is -0.0494. The zero-order chi connectivity index (χ0) is 28.7. The summed E-state index contributed by atoms with van der Waals surface area (Å²) in [5, 5.41) is 0. The van der Waals surface area contributed by atoms with E-state index in [4.69, 9.17) is 14.2 Å². The Morgan fingerprint density at radius 1 is 0.976 bits per heavy atom. The lowest BCUT2D eigenvalue weighted by Crippen LogP contribution is -2.42. The van der Waals surface area contributed by atoms with E-state index in [0.29, 0.717) is 54.6 Å². The molecule has 41 heavy (non-hydrogen) atoms. The molecule has 2 amide bonds. The molecule has 10 heteroatoms. The zero-order valence-corrected chi connectivity index (χ0v) is 23.0. The number of benzene rings is 3. The van der Waals surface area contributed by atoms with E-state index in [1.807, 2.05) is 36.4 Å². The maximum absolute atomic E-state index is 13.6. The molecule has 0 saturated carbocycles. The van der Waals surface area contributed by atoms with E-state index in [1.165, 1.54) is 4.90 Å². The molecule has 214 valence electrons. The third-order valence-corrected chi connectivity index (χ3v) is 7.99. The number of piperidine rings is 1. The standard InChI is InChI=1S/C31H31F2N3O5/c1-39-24-6-3-21(27(17-24)40-2)18-35-19-22-15-23(5-7-25(22)30(35)38)36-13-14-41-28-16-20(4-8-26(28)36)29(37)34-11-9-31(32,33)10-12-34/h3-8,15-17H,9-14,18-19H2,1-2H3. The van der Waals surface area contributed by atoms with Gasteiger partial charge in [0.1, 0.15) is 23.9 Å². The number of anilines is 2. The Balaban J connectivity index is 1.20. The highest BCUT2D eigenvalue weighted by Gasteiger charge is 2.36. The molecule has 3 aliphatic rings. The maximum atomic E-state index is 13.6. The Labute approximate surface area is 237 Å². The summed E-state index contributed by atoms with van der Waals surface area (Å²) in [7, 11) is 3.19. The van der Waals surface area contributed by atoms with Crippen LogP contribution in [-0.4, -0.2) is 68.0 Å². The van der Waals surface area contributed by atoms with Gasteiger partial charge in [0.2, 0.25) is 0 Å². The number of halogens is 2. The normalized spacial score (nSPS) is 17.6. The van der Waals surface area contributed by atoms with Crippen molar-refractivity contribution < 1.29 is 32.6 Å². The van der Waals surface area contributed by atoms with E-state index in [0.717, 1.165) is 22.5 Å². The zero-order valence-electron chi connectivity index (χ0n) is 23.0. The molecule has 1 saturated heterocycles. The highest BCUT2D eigenvalue weighted by Crippen LogP contribution is 2.40. The molecule has 0 spiro atoms. The molecule has 0 radical (unpaired) electrons. The largest absolute Gasteiger partial charge is 0.497 e. The number of methoxy groups -OCH3 is 2. The van der Waals surface area contributed by atoms with Gasteiger partial charge < -0.3 is 28.9 Å². The third-order valence-electron chi connectivity index (χ3n) is 7.99. The Morgan fingerprint density at radius 3 is 2.54 bits per heavy atom. The van der Waals surface area contributed by atoms with Crippen molar-refractivity contribution in [1.29, 1.82) is 0 Å². The molecule has 0 atom stereocenters. The molecular weight excluding hydrogens is 532 g/mol. The van der Waals surface area contributed by atoms with Crippen LogP contribution in [0.3, 0.4) is 0 Å². The first kappa shape index (κ1) is 26.9. The van der Waals surface area contributed by atoms with Crippen LogP contribution >= 0.6 is 0 Å². The fourth-order valence-corrected chi connectivity index (χ4v) is 5.69. The van der Waals surface area contributed by atoms with Gasteiger partial charge >= 0.3 is 0 Å². The van der Waals surface area contributed by atoms with Gasteiger partial charge in [0, 0.05) is 67.5 Å². The molecule has 3 aromatic rings. The summed E-state index contributed by atoms with van der Waals surface area (Å²) in [6.45, 7) is 1.96. The van der Waals surface area contributed by atoms with Crippen LogP contribution in [0.15, 0.2) is 54.6 Å². The number of likely N-dealkylation sites (tertiary alicyclic amines) is 1. The number of hydrogen-bond donors (Lipinski definition) is 0. The first-order chi connectivity index (χ1) is 19.8. The second-order valence-corrected chi connectivity index (χ2v) is 10.5. The summed E-state index contributed by atoms with van der Waals surface area (Å²) in [5.74, 6) is -1.11. The first-order valence-electron chi connectivity index (χ1n) is 13.6. The van der Waals surface area contributed by atoms with E-state index in [2.05, 4.69) is 4.90 Å². The van der Waals surface area contributed by atoms with Gasteiger partial charge in [-0.05, 0) is 54.1 Å². The minimum absolute atomic E-state index is 0.0337. The lowest BCUT2D eigenvalue weighted by Gasteiger charge is -2.33. The average molecular weight is 564 g/mol. The second-order valence-electron chi connectivity index (χ2n) is 10.5. The van der Waals surface area contributed by atoms with E-state index < -0.39 is 5.92 Å². The van der Waals surface area contributed by atoms with Crippen LogP contribution in [0.1, 0.15) is 44.7 Å². The molecule has 1 fully saturated rings. The van der Waals surface area contributed by atoms with Crippen molar-refractivity contribution in [3.05, 3.63) is 76.9 Å². The topological polar surface area (TPSA) is 71.6 Å². The molecule has 0 bridgehead atoms. The number of carbonyl (C=O) groups excluding carboxylic acids is 2. The van der Waals surface area contributed by atoms with Gasteiger partial charge in [-0.15, -0.1) is 0 Å². The summed E-state index contributed by atoms with van der Waals surface area (Å²) in [5.41, 5.74) is 4.63. The van der Waals surface area contributed by atoms with Gasteiger partial charge in [-0.2, -0.15) is 0 Å². The quantitative estimate of drug-likeness (QED) is 0.408. The van der Waals surface area contributed by atoms with Gasteiger partial charge in [-0.1, -0.05) is 0 Å². The van der Waals surface area contributed by atoms with Gasteiger partial charge in [0.15, 0.2) is 0 Å². The van der Waals surface area contributed by atoms with E-state index in [9.17, 15) is 18.4 Å². The van der Waals surface area contributed by atoms with Gasteiger partial charge in [0.05, 0.1) is 26.5 Å². The average Bonchev–Trinajstić information content (AvgIpc) is 3.30. The molecule has 0 N–H and O–H groups in total. The van der Waals surface area contributed by atoms with Crippen molar-refractivity contribution in [2.45, 2.75) is 31.9 Å². The third kappa shape index (κ3) is 5.14. The van der Waals surface area contributed by atoms with Gasteiger partial charge in [0.25, 0.3) is 17.7 Å². The van der Waals surface area contributed by atoms with Crippen LogP contribution in [0.25, 0.3) is 0 Å². The fraction of sp³-hybridized carbons (Fsp3) is 0.355. The predicted molar refractivity (Wildman–Crippen MR) is 149 cm³/mol. The number of fused-ring (bicyclic) bond motifs is 2. The Bertz CT molecular complexity index is 1500. The number of carbonyl (C=O) groups is 2. The molecule has 3 heterocycles. The monoisotopic (exact) mass is 563 g/mol. The maximum Gasteiger partial charge on any atom is 0.254 e. The second kappa shape index (κ2) is 10.6. The van der Waals surface area contributed by atoms with Crippen molar-refractivity contribution >= 4 is 23.2 Å². The summed E-state index contributed by atoms with van der Waals surface area (Å²) >= 11 is 0. The van der Waals surface area contributed by atoms with Crippen molar-refractivity contribution in [3.8, 4) is 17.2 Å². The number of ether oxygens (including phenoxy) is 3. The number of rotatable bonds is 6. The van der Waals surface area contributed by atoms with Gasteiger partial charge in [-0.25, -0.2) is 8.78 Å². The summed E-state index contributed by atoms with van der Waals surface area (Å²) in [4.78, 5) is 31.6. The summed E-state index contributed by atoms with van der Waals surface area (Å²) in [6, 6.07) is 16.6. The van der Waals surface area contributed by atoms with Crippen molar-refractivity contribution in [1.82, 2.24) is 9.80 Å². The Kier molecular flexibility index (Phi) is 6.93. The molecular formula is C31H31F2N3O5. The first-order valence-corrected chi connectivity index (χ1v) is 13.6. The van der Waals surface area contributed by atoms with E-state index >= 15 is 0 Å². The smallest absolute Gasteiger partial charge is 0.254 e. The van der Waals surface area contributed by atoms with Crippen LogP contribution in [0.4, 0.5) is 20.2 Å². The van der Waals surface area contributed by atoms with Crippen LogP contribution in [0.2, 0.25) is 0 Å². The van der Waals surface area contributed by atoms with Gasteiger partial charge in [-0.3, -0.25) is 9.59 Å². The molecule has 6 rings (SSSR count). The molecule has 0 unspecified atom stereocenters. The highest BCUT2D eigenvalue weighted by molar-refractivity contribution is 5.99. The predicted octanol–water partition coefficient (Wildman–Crippen LogP) is 5.26. The number of nitrogens with zero attached hydrogens (tertiary/aromatic N) is 3. The van der Waals surface area contributed by atoms with Crippen molar-refractivity contribution in [3.63, 3.8) is 0 Å².